The molecule has 2 rings (SSSR count). The van der Waals surface area contributed by atoms with Gasteiger partial charge in [0.05, 0.1) is 16.4 Å². The van der Waals surface area contributed by atoms with Crippen LogP contribution in [0.15, 0.2) is 50.2 Å². The fraction of sp³-hybridized carbons (Fsp3) is 0.316. The largest absolute Gasteiger partial charge is 0.504 e. The van der Waals surface area contributed by atoms with Gasteiger partial charge in [0.25, 0.3) is 0 Å². The number of aryl methyl sites for hydroxylation is 1. The van der Waals surface area contributed by atoms with Crippen molar-refractivity contribution in [2.75, 3.05) is 25.7 Å². The van der Waals surface area contributed by atoms with Gasteiger partial charge in [0.2, 0.25) is 11.7 Å². The molecule has 0 fully saturated rings. The van der Waals surface area contributed by atoms with Crippen LogP contribution in [0.3, 0.4) is 0 Å². The standard InChI is InChI=1S/C19H25N3O10S3/c1-12-9-14(23)18(30-7-4-8-31-22-19(20)21)15(10-12)32-35(28,29)16-6-5-13(33(2,24)25)11-17(16)34(3,26)27/h5-6,9-11,23H,4,7-8H2,1-3H3,(H4,20,21,22). The maximum absolute atomic E-state index is 13.1. The van der Waals surface area contributed by atoms with Crippen LogP contribution in [0.2, 0.25) is 0 Å². The summed E-state index contributed by atoms with van der Waals surface area (Å²) in [6.07, 6.45) is 1.81. The quantitative estimate of drug-likeness (QED) is 0.113. The average Bonchev–Trinajstić information content (AvgIpc) is 2.69. The molecule has 0 spiro atoms. The predicted octanol–water partition coefficient (Wildman–Crippen LogP) is 0.249. The number of phenolic OH excluding ortho intramolecular Hbond substituents is 1. The van der Waals surface area contributed by atoms with Gasteiger partial charge in [-0.05, 0) is 48.0 Å². The molecule has 0 atom stereocenters. The molecule has 16 heteroatoms. The van der Waals surface area contributed by atoms with Crippen molar-refractivity contribution < 1.29 is 44.1 Å². The smallest absolute Gasteiger partial charge is 0.340 e. The summed E-state index contributed by atoms with van der Waals surface area (Å²) in [5.41, 5.74) is 10.7. The monoisotopic (exact) mass is 551 g/mol. The average molecular weight is 552 g/mol. The lowest BCUT2D eigenvalue weighted by molar-refractivity contribution is 0.126. The fourth-order valence-corrected chi connectivity index (χ4v) is 5.97. The summed E-state index contributed by atoms with van der Waals surface area (Å²) in [6, 6.07) is 5.06. The zero-order chi connectivity index (χ0) is 26.6. The number of ether oxygens (including phenoxy) is 1. The minimum Gasteiger partial charge on any atom is -0.504 e. The summed E-state index contributed by atoms with van der Waals surface area (Å²) in [7, 11) is -12.9. The van der Waals surface area contributed by atoms with Crippen molar-refractivity contribution in [1.82, 2.24) is 0 Å². The summed E-state index contributed by atoms with van der Waals surface area (Å²) in [4.78, 5) is 2.85. The van der Waals surface area contributed by atoms with Crippen LogP contribution in [0.5, 0.6) is 17.2 Å². The van der Waals surface area contributed by atoms with Crippen LogP contribution in [-0.4, -0.2) is 62.0 Å². The van der Waals surface area contributed by atoms with Crippen molar-refractivity contribution in [3.05, 3.63) is 35.9 Å². The van der Waals surface area contributed by atoms with E-state index in [2.05, 4.69) is 5.16 Å². The fourth-order valence-electron chi connectivity index (χ4n) is 2.72. The molecule has 0 radical (unpaired) electrons. The highest BCUT2D eigenvalue weighted by Crippen LogP contribution is 2.40. The van der Waals surface area contributed by atoms with Crippen molar-refractivity contribution in [2.45, 2.75) is 28.0 Å². The number of hydrogen-bond acceptors (Lipinski definition) is 11. The number of nitrogens with two attached hydrogens (primary N) is 2. The van der Waals surface area contributed by atoms with Crippen molar-refractivity contribution in [3.8, 4) is 17.2 Å². The molecule has 0 aliphatic heterocycles. The molecule has 0 bridgehead atoms. The highest BCUT2D eigenvalue weighted by atomic mass is 32.2. The van der Waals surface area contributed by atoms with Crippen molar-refractivity contribution in [1.29, 1.82) is 0 Å². The van der Waals surface area contributed by atoms with E-state index in [1.54, 1.807) is 6.92 Å². The van der Waals surface area contributed by atoms with E-state index in [4.69, 9.17) is 25.2 Å². The van der Waals surface area contributed by atoms with E-state index in [-0.39, 0.29) is 31.3 Å². The van der Waals surface area contributed by atoms with Crippen molar-refractivity contribution in [3.63, 3.8) is 0 Å². The van der Waals surface area contributed by atoms with E-state index in [0.717, 1.165) is 30.7 Å². The van der Waals surface area contributed by atoms with Crippen LogP contribution in [0.1, 0.15) is 12.0 Å². The minimum absolute atomic E-state index is 0.0451. The Morgan fingerprint density at radius 3 is 2.17 bits per heavy atom. The van der Waals surface area contributed by atoms with Crippen LogP contribution in [0, 0.1) is 6.92 Å². The summed E-state index contributed by atoms with van der Waals surface area (Å²) in [5, 5.41) is 13.6. The second-order valence-corrected chi connectivity index (χ2v) is 12.9. The van der Waals surface area contributed by atoms with Gasteiger partial charge in [-0.1, -0.05) is 0 Å². The number of rotatable bonds is 11. The Morgan fingerprint density at radius 2 is 1.60 bits per heavy atom. The molecule has 2 aromatic carbocycles. The van der Waals surface area contributed by atoms with Gasteiger partial charge in [0.1, 0.15) is 11.5 Å². The van der Waals surface area contributed by atoms with Gasteiger partial charge < -0.3 is 30.3 Å². The molecular weight excluding hydrogens is 526 g/mol. The molecule has 0 aliphatic rings. The first-order valence-corrected chi connectivity index (χ1v) is 14.9. The number of nitrogens with zero attached hydrogens (tertiary/aromatic N) is 1. The van der Waals surface area contributed by atoms with Crippen LogP contribution in [0.25, 0.3) is 0 Å². The van der Waals surface area contributed by atoms with Gasteiger partial charge in [0.15, 0.2) is 31.2 Å². The zero-order valence-corrected chi connectivity index (χ0v) is 21.4. The Hall–Kier alpha value is -3.24. The third-order valence-electron chi connectivity index (χ3n) is 4.19. The maximum atomic E-state index is 13.1. The maximum Gasteiger partial charge on any atom is 0.340 e. The second kappa shape index (κ2) is 10.6. The summed E-state index contributed by atoms with van der Waals surface area (Å²) >= 11 is 0. The topological polar surface area (TPSA) is 215 Å². The molecule has 0 amide bonds. The molecule has 194 valence electrons. The van der Waals surface area contributed by atoms with E-state index in [0.29, 0.717) is 5.56 Å². The molecule has 13 nitrogen and oxygen atoms in total. The molecule has 0 saturated carbocycles. The van der Waals surface area contributed by atoms with Gasteiger partial charge in [-0.15, -0.1) is 0 Å². The third kappa shape index (κ3) is 7.63. The molecule has 0 aliphatic carbocycles. The molecule has 0 unspecified atom stereocenters. The number of guanidine groups is 1. The van der Waals surface area contributed by atoms with Gasteiger partial charge in [-0.25, -0.2) is 16.8 Å². The normalized spacial score (nSPS) is 12.1. The van der Waals surface area contributed by atoms with Crippen LogP contribution in [0.4, 0.5) is 0 Å². The lowest BCUT2D eigenvalue weighted by Gasteiger charge is -2.16. The van der Waals surface area contributed by atoms with E-state index in [1.165, 1.54) is 12.1 Å². The number of phenols is 1. The van der Waals surface area contributed by atoms with E-state index < -0.39 is 56.0 Å². The predicted molar refractivity (Wildman–Crippen MR) is 125 cm³/mol. The van der Waals surface area contributed by atoms with Gasteiger partial charge in [0, 0.05) is 18.9 Å². The minimum atomic E-state index is -4.83. The first-order valence-electron chi connectivity index (χ1n) is 9.68. The summed E-state index contributed by atoms with van der Waals surface area (Å²) in [6.45, 7) is 1.53. The number of aromatic hydroxyl groups is 1. The van der Waals surface area contributed by atoms with Crippen molar-refractivity contribution in [2.24, 2.45) is 16.6 Å². The third-order valence-corrected chi connectivity index (χ3v) is 7.86. The SMILES string of the molecule is Cc1cc(O)c(OCCCON=C(N)N)c(OS(=O)(=O)c2ccc(S(C)(=O)=O)cc2S(C)(=O)=O)c1. The van der Waals surface area contributed by atoms with Gasteiger partial charge >= 0.3 is 10.1 Å². The van der Waals surface area contributed by atoms with Crippen LogP contribution >= 0.6 is 0 Å². The Kier molecular flexibility index (Phi) is 8.46. The van der Waals surface area contributed by atoms with E-state index in [1.807, 2.05) is 0 Å². The molecule has 0 heterocycles. The molecule has 5 N–H and O–H groups in total. The second-order valence-electron chi connectivity index (χ2n) is 7.35. The number of sulfone groups is 2. The number of hydrogen-bond donors (Lipinski definition) is 3. The lowest BCUT2D eigenvalue weighted by atomic mass is 10.2. The highest BCUT2D eigenvalue weighted by molar-refractivity contribution is 7.92. The Balaban J connectivity index is 2.43. The van der Waals surface area contributed by atoms with Crippen LogP contribution < -0.4 is 20.4 Å². The summed E-state index contributed by atoms with van der Waals surface area (Å²) in [5.74, 6) is -1.45. The first-order chi connectivity index (χ1) is 16.0. The Bertz CT molecular complexity index is 1450. The molecule has 0 saturated heterocycles. The van der Waals surface area contributed by atoms with Crippen LogP contribution in [-0.2, 0) is 34.6 Å². The molecular formula is C19H25N3O10S3. The number of oxime groups is 1. The molecule has 2 aromatic rings. The van der Waals surface area contributed by atoms with E-state index >= 15 is 0 Å². The number of benzene rings is 2. The molecule has 0 aromatic heterocycles. The molecule has 35 heavy (non-hydrogen) atoms. The Labute approximate surface area is 203 Å². The first kappa shape index (κ1) is 28.0. The van der Waals surface area contributed by atoms with Gasteiger partial charge in [-0.3, -0.25) is 0 Å². The van der Waals surface area contributed by atoms with Gasteiger partial charge in [-0.2, -0.15) is 8.42 Å². The van der Waals surface area contributed by atoms with Crippen molar-refractivity contribution >= 4 is 35.8 Å². The Morgan fingerprint density at radius 1 is 0.943 bits per heavy atom. The highest BCUT2D eigenvalue weighted by Gasteiger charge is 2.29. The van der Waals surface area contributed by atoms with E-state index in [9.17, 15) is 30.4 Å². The summed E-state index contributed by atoms with van der Waals surface area (Å²) < 4.78 is 84.9. The zero-order valence-electron chi connectivity index (χ0n) is 19.0. The lowest BCUT2D eigenvalue weighted by Crippen LogP contribution is -2.23.